The standard InChI is InChI=1S/C8H10N6O/c1-4-5(3-14(2)13-4)6-10-7(9)12-8(15)11-6/h3H,1-2H3,(H3,9,10,11,12,15). The molecule has 78 valence electrons. The molecule has 0 aliphatic carbocycles. The minimum atomic E-state index is -0.513. The van der Waals surface area contributed by atoms with Crippen molar-refractivity contribution in [3.63, 3.8) is 0 Å². The van der Waals surface area contributed by atoms with Gasteiger partial charge in [0.15, 0.2) is 0 Å². The molecule has 2 rings (SSSR count). The molecule has 0 saturated heterocycles. The molecule has 0 aromatic carbocycles. The second-order valence-electron chi connectivity index (χ2n) is 3.16. The number of aromatic amines is 1. The average molecular weight is 206 g/mol. The number of hydrogen-bond acceptors (Lipinski definition) is 5. The zero-order valence-corrected chi connectivity index (χ0v) is 8.35. The van der Waals surface area contributed by atoms with Gasteiger partial charge in [-0.3, -0.25) is 9.67 Å². The maximum Gasteiger partial charge on any atom is 0.349 e. The first-order chi connectivity index (χ1) is 7.06. The normalized spacial score (nSPS) is 10.5. The number of nitrogen functional groups attached to an aromatic ring is 1. The van der Waals surface area contributed by atoms with E-state index in [1.165, 1.54) is 0 Å². The molecule has 0 aliphatic heterocycles. The van der Waals surface area contributed by atoms with Gasteiger partial charge in [0, 0.05) is 13.2 Å². The third-order valence-corrected chi connectivity index (χ3v) is 1.94. The van der Waals surface area contributed by atoms with Gasteiger partial charge in [0.05, 0.1) is 11.3 Å². The van der Waals surface area contributed by atoms with E-state index in [0.717, 1.165) is 11.3 Å². The van der Waals surface area contributed by atoms with E-state index in [1.807, 2.05) is 6.92 Å². The van der Waals surface area contributed by atoms with Gasteiger partial charge < -0.3 is 5.73 Å². The first-order valence-electron chi connectivity index (χ1n) is 4.30. The molecule has 0 amide bonds. The minimum Gasteiger partial charge on any atom is -0.368 e. The van der Waals surface area contributed by atoms with Crippen LogP contribution in [0.15, 0.2) is 11.0 Å². The molecule has 0 bridgehead atoms. The fourth-order valence-corrected chi connectivity index (χ4v) is 1.36. The molecule has 2 aromatic rings. The second kappa shape index (κ2) is 3.19. The maximum atomic E-state index is 11.1. The highest BCUT2D eigenvalue weighted by Crippen LogP contribution is 2.16. The average Bonchev–Trinajstić information content (AvgIpc) is 2.43. The molecule has 0 radical (unpaired) electrons. The molecule has 15 heavy (non-hydrogen) atoms. The number of nitrogens with two attached hydrogens (primary N) is 1. The van der Waals surface area contributed by atoms with Gasteiger partial charge in [-0.05, 0) is 6.92 Å². The lowest BCUT2D eigenvalue weighted by Gasteiger charge is -1.97. The van der Waals surface area contributed by atoms with Crippen molar-refractivity contribution in [1.82, 2.24) is 24.7 Å². The number of nitrogens with zero attached hydrogens (tertiary/aromatic N) is 4. The van der Waals surface area contributed by atoms with E-state index >= 15 is 0 Å². The lowest BCUT2D eigenvalue weighted by Crippen LogP contribution is -2.15. The summed E-state index contributed by atoms with van der Waals surface area (Å²) in [6.07, 6.45) is 1.76. The van der Waals surface area contributed by atoms with Gasteiger partial charge in [-0.25, -0.2) is 4.79 Å². The molecule has 7 heteroatoms. The van der Waals surface area contributed by atoms with Gasteiger partial charge in [0.2, 0.25) is 5.95 Å². The van der Waals surface area contributed by atoms with E-state index in [9.17, 15) is 4.79 Å². The number of rotatable bonds is 1. The fourth-order valence-electron chi connectivity index (χ4n) is 1.36. The number of nitrogens with one attached hydrogen (secondary N) is 1. The van der Waals surface area contributed by atoms with Gasteiger partial charge >= 0.3 is 5.69 Å². The summed E-state index contributed by atoms with van der Waals surface area (Å²) in [4.78, 5) is 21.0. The Morgan fingerprint density at radius 3 is 2.73 bits per heavy atom. The highest BCUT2D eigenvalue weighted by molar-refractivity contribution is 5.57. The Labute approximate surface area is 85.0 Å². The largest absolute Gasteiger partial charge is 0.368 e. The molecular formula is C8H10N6O. The van der Waals surface area contributed by atoms with E-state index < -0.39 is 5.69 Å². The summed E-state index contributed by atoms with van der Waals surface area (Å²) in [6, 6.07) is 0. The molecule has 0 aliphatic rings. The van der Waals surface area contributed by atoms with Crippen molar-refractivity contribution in [2.45, 2.75) is 6.92 Å². The Balaban J connectivity index is 2.63. The van der Waals surface area contributed by atoms with Gasteiger partial charge in [-0.15, -0.1) is 0 Å². The molecule has 0 atom stereocenters. The Hall–Kier alpha value is -2.18. The lowest BCUT2D eigenvalue weighted by atomic mass is 10.2. The fraction of sp³-hybridized carbons (Fsp3) is 0.250. The van der Waals surface area contributed by atoms with Gasteiger partial charge in [-0.1, -0.05) is 0 Å². The van der Waals surface area contributed by atoms with Gasteiger partial charge in [0.25, 0.3) is 0 Å². The van der Waals surface area contributed by atoms with Gasteiger partial charge in [0.1, 0.15) is 5.82 Å². The summed E-state index contributed by atoms with van der Waals surface area (Å²) < 4.78 is 1.64. The summed E-state index contributed by atoms with van der Waals surface area (Å²) in [5.74, 6) is 0.343. The van der Waals surface area contributed by atoms with Crippen molar-refractivity contribution in [2.75, 3.05) is 5.73 Å². The Bertz CT molecular complexity index is 554. The summed E-state index contributed by atoms with van der Waals surface area (Å²) in [7, 11) is 1.79. The number of aryl methyl sites for hydroxylation is 2. The van der Waals surface area contributed by atoms with Crippen molar-refractivity contribution in [2.24, 2.45) is 7.05 Å². The second-order valence-corrected chi connectivity index (χ2v) is 3.16. The zero-order valence-electron chi connectivity index (χ0n) is 8.35. The van der Waals surface area contributed by atoms with Crippen LogP contribution in [-0.4, -0.2) is 24.7 Å². The predicted molar refractivity (Wildman–Crippen MR) is 54.0 cm³/mol. The van der Waals surface area contributed by atoms with Crippen LogP contribution in [0.25, 0.3) is 11.4 Å². The minimum absolute atomic E-state index is 0.0444. The van der Waals surface area contributed by atoms with Crippen LogP contribution in [0.3, 0.4) is 0 Å². The van der Waals surface area contributed by atoms with Gasteiger partial charge in [-0.2, -0.15) is 15.1 Å². The van der Waals surface area contributed by atoms with Crippen LogP contribution in [0, 0.1) is 6.92 Å². The molecule has 0 spiro atoms. The molecule has 2 aromatic heterocycles. The van der Waals surface area contributed by atoms with E-state index in [4.69, 9.17) is 5.73 Å². The Morgan fingerprint density at radius 1 is 1.47 bits per heavy atom. The zero-order chi connectivity index (χ0) is 11.0. The molecule has 0 fully saturated rings. The lowest BCUT2D eigenvalue weighted by molar-refractivity contribution is 0.756. The summed E-state index contributed by atoms with van der Waals surface area (Å²) >= 11 is 0. The highest BCUT2D eigenvalue weighted by atomic mass is 16.1. The third kappa shape index (κ3) is 1.71. The predicted octanol–water partition coefficient (Wildman–Crippen LogP) is -0.544. The quantitative estimate of drug-likeness (QED) is 0.652. The van der Waals surface area contributed by atoms with Crippen molar-refractivity contribution >= 4 is 5.95 Å². The maximum absolute atomic E-state index is 11.1. The summed E-state index contributed by atoms with van der Waals surface area (Å²) in [5, 5.41) is 4.14. The Morgan fingerprint density at radius 2 is 2.20 bits per heavy atom. The topological polar surface area (TPSA) is 102 Å². The highest BCUT2D eigenvalue weighted by Gasteiger charge is 2.09. The van der Waals surface area contributed by atoms with Crippen LogP contribution < -0.4 is 11.4 Å². The summed E-state index contributed by atoms with van der Waals surface area (Å²) in [6.45, 7) is 1.83. The van der Waals surface area contributed by atoms with E-state index in [0.29, 0.717) is 5.82 Å². The van der Waals surface area contributed by atoms with E-state index in [1.54, 1.807) is 17.9 Å². The van der Waals surface area contributed by atoms with Crippen molar-refractivity contribution in [3.8, 4) is 11.4 Å². The molecule has 0 saturated carbocycles. The van der Waals surface area contributed by atoms with Crippen LogP contribution in [0.5, 0.6) is 0 Å². The van der Waals surface area contributed by atoms with E-state index in [-0.39, 0.29) is 5.95 Å². The summed E-state index contributed by atoms with van der Waals surface area (Å²) in [5.41, 5.74) is 6.38. The van der Waals surface area contributed by atoms with Crippen LogP contribution in [0.4, 0.5) is 5.95 Å². The van der Waals surface area contributed by atoms with Crippen LogP contribution >= 0.6 is 0 Å². The molecule has 7 nitrogen and oxygen atoms in total. The molecular weight excluding hydrogens is 196 g/mol. The number of hydrogen-bond donors (Lipinski definition) is 2. The number of aromatic nitrogens is 5. The number of H-pyrrole nitrogens is 1. The van der Waals surface area contributed by atoms with Crippen molar-refractivity contribution in [3.05, 3.63) is 22.4 Å². The molecule has 2 heterocycles. The SMILES string of the molecule is Cc1nn(C)cc1-c1nc(N)nc(=O)[nH]1. The van der Waals surface area contributed by atoms with Crippen LogP contribution in [-0.2, 0) is 7.05 Å². The first-order valence-corrected chi connectivity index (χ1v) is 4.30. The monoisotopic (exact) mass is 206 g/mol. The first kappa shape index (κ1) is 9.38. The third-order valence-electron chi connectivity index (χ3n) is 1.94. The van der Waals surface area contributed by atoms with Crippen LogP contribution in [0.2, 0.25) is 0 Å². The Kier molecular flexibility index (Phi) is 2.00. The van der Waals surface area contributed by atoms with Crippen LogP contribution in [0.1, 0.15) is 5.69 Å². The number of anilines is 1. The smallest absolute Gasteiger partial charge is 0.349 e. The molecule has 0 unspecified atom stereocenters. The van der Waals surface area contributed by atoms with Crippen molar-refractivity contribution < 1.29 is 0 Å². The van der Waals surface area contributed by atoms with Crippen molar-refractivity contribution in [1.29, 1.82) is 0 Å². The van der Waals surface area contributed by atoms with E-state index in [2.05, 4.69) is 20.1 Å². The molecule has 3 N–H and O–H groups in total.